The zero-order chi connectivity index (χ0) is 18.8. The second kappa shape index (κ2) is 7.54. The Morgan fingerprint density at radius 3 is 1.85 bits per heavy atom. The fourth-order valence-electron chi connectivity index (χ4n) is 4.17. The van der Waals surface area contributed by atoms with Gasteiger partial charge in [-0.15, -0.1) is 0 Å². The Labute approximate surface area is 161 Å². The van der Waals surface area contributed by atoms with Gasteiger partial charge in [0.2, 0.25) is 0 Å². The molecule has 0 saturated heterocycles. The Hall–Kier alpha value is -1.65. The predicted octanol–water partition coefficient (Wildman–Crippen LogP) is 7.44. The monoisotopic (exact) mass is 376 g/mol. The Balaban J connectivity index is 2.18. The van der Waals surface area contributed by atoms with Crippen LogP contribution in [0.5, 0.6) is 0 Å². The molecule has 1 heterocycles. The Morgan fingerprint density at radius 1 is 0.808 bits per heavy atom. The van der Waals surface area contributed by atoms with E-state index in [-0.39, 0.29) is 0 Å². The van der Waals surface area contributed by atoms with Crippen LogP contribution < -0.4 is 0 Å². The molecule has 1 aliphatic rings. The largest absolute Gasteiger partial charge is 0.116 e. The topological polar surface area (TPSA) is 0 Å². The molecule has 2 aromatic rings. The molecular weight excluding hydrogens is 344 g/mol. The second-order valence-electron chi connectivity index (χ2n) is 8.57. The standard InChI is InChI=1S/C24H32Si2/c1-6-25(3,4)19-22-18-23(20-14-10-8-11-15-20)26(5,7-2)24(22)21-16-12-9-13-17-21/h8-18H,6-7,19H2,1-5H3. The van der Waals surface area contributed by atoms with Gasteiger partial charge in [-0.2, -0.15) is 0 Å². The average Bonchev–Trinajstić information content (AvgIpc) is 2.95. The minimum atomic E-state index is -1.71. The molecule has 0 spiro atoms. The van der Waals surface area contributed by atoms with Crippen LogP contribution in [0.4, 0.5) is 0 Å². The third-order valence-corrected chi connectivity index (χ3v) is 14.3. The van der Waals surface area contributed by atoms with Gasteiger partial charge < -0.3 is 0 Å². The smallest absolute Gasteiger partial charge is 0.0691 e. The molecule has 0 saturated carbocycles. The zero-order valence-corrected chi connectivity index (χ0v) is 19.0. The summed E-state index contributed by atoms with van der Waals surface area (Å²) in [6.45, 7) is 12.4. The van der Waals surface area contributed by atoms with Crippen LogP contribution in [0.15, 0.2) is 72.3 Å². The van der Waals surface area contributed by atoms with Crippen LogP contribution >= 0.6 is 0 Å². The minimum Gasteiger partial charge on any atom is -0.0691 e. The van der Waals surface area contributed by atoms with E-state index in [0.717, 1.165) is 0 Å². The van der Waals surface area contributed by atoms with Gasteiger partial charge in [-0.05, 0) is 27.6 Å². The molecule has 3 rings (SSSR count). The van der Waals surface area contributed by atoms with Gasteiger partial charge in [0.05, 0.1) is 8.07 Å². The summed E-state index contributed by atoms with van der Waals surface area (Å²) in [5.41, 5.74) is 4.54. The van der Waals surface area contributed by atoms with Gasteiger partial charge >= 0.3 is 0 Å². The highest BCUT2D eigenvalue weighted by atomic mass is 28.3. The maximum absolute atomic E-state index is 2.60. The third-order valence-electron chi connectivity index (χ3n) is 6.27. The summed E-state index contributed by atoms with van der Waals surface area (Å²) >= 11 is 0. The highest BCUT2D eigenvalue weighted by molar-refractivity contribution is 7.10. The average molecular weight is 377 g/mol. The lowest BCUT2D eigenvalue weighted by Crippen LogP contribution is -2.32. The molecule has 1 unspecified atom stereocenters. The fraction of sp³-hybridized carbons (Fsp3) is 0.333. The Morgan fingerprint density at radius 2 is 1.35 bits per heavy atom. The quantitative estimate of drug-likeness (QED) is 0.459. The van der Waals surface area contributed by atoms with E-state index < -0.39 is 16.1 Å². The second-order valence-corrected chi connectivity index (χ2v) is 18.4. The van der Waals surface area contributed by atoms with Crippen molar-refractivity contribution in [2.45, 2.75) is 51.6 Å². The summed E-state index contributed by atoms with van der Waals surface area (Å²) in [7, 11) is -2.92. The first-order valence-corrected chi connectivity index (χ1v) is 16.1. The van der Waals surface area contributed by atoms with Gasteiger partial charge in [-0.3, -0.25) is 0 Å². The number of benzene rings is 2. The van der Waals surface area contributed by atoms with E-state index >= 15 is 0 Å². The number of hydrogen-bond acceptors (Lipinski definition) is 0. The molecule has 0 amide bonds. The molecule has 0 fully saturated rings. The van der Waals surface area contributed by atoms with E-state index in [1.807, 2.05) is 0 Å². The van der Waals surface area contributed by atoms with E-state index in [0.29, 0.717) is 0 Å². The lowest BCUT2D eigenvalue weighted by molar-refractivity contribution is 1.29. The molecule has 2 heteroatoms. The summed E-state index contributed by atoms with van der Waals surface area (Å²) in [6, 6.07) is 26.2. The highest BCUT2D eigenvalue weighted by Crippen LogP contribution is 2.48. The summed E-state index contributed by atoms with van der Waals surface area (Å²) in [5, 5.41) is 3.34. The van der Waals surface area contributed by atoms with Crippen LogP contribution in [0.2, 0.25) is 37.8 Å². The van der Waals surface area contributed by atoms with Gasteiger partial charge in [-0.1, -0.05) is 118 Å². The van der Waals surface area contributed by atoms with Crippen LogP contribution in [-0.2, 0) is 0 Å². The lowest BCUT2D eigenvalue weighted by Gasteiger charge is -2.30. The van der Waals surface area contributed by atoms with E-state index in [1.54, 1.807) is 16.0 Å². The van der Waals surface area contributed by atoms with Crippen molar-refractivity contribution in [2.24, 2.45) is 0 Å². The number of rotatable bonds is 6. The van der Waals surface area contributed by atoms with Crippen molar-refractivity contribution in [3.8, 4) is 0 Å². The molecule has 1 atom stereocenters. The van der Waals surface area contributed by atoms with Gasteiger partial charge in [0, 0.05) is 0 Å². The van der Waals surface area contributed by atoms with Crippen molar-refractivity contribution in [3.63, 3.8) is 0 Å². The predicted molar refractivity (Wildman–Crippen MR) is 123 cm³/mol. The van der Waals surface area contributed by atoms with Crippen molar-refractivity contribution < 1.29 is 0 Å². The molecule has 0 N–H and O–H groups in total. The first-order chi connectivity index (χ1) is 12.4. The molecule has 1 aliphatic heterocycles. The summed E-state index contributed by atoms with van der Waals surface area (Å²) in [5.74, 6) is 0. The molecule has 0 radical (unpaired) electrons. The normalized spacial score (nSPS) is 20.4. The van der Waals surface area contributed by atoms with E-state index in [1.165, 1.54) is 29.3 Å². The molecule has 0 aliphatic carbocycles. The van der Waals surface area contributed by atoms with Crippen molar-refractivity contribution in [1.29, 1.82) is 0 Å². The van der Waals surface area contributed by atoms with Crippen LogP contribution in [0, 0.1) is 0 Å². The minimum absolute atomic E-state index is 1.20. The molecule has 2 aromatic carbocycles. The van der Waals surface area contributed by atoms with Gasteiger partial charge in [0.1, 0.15) is 8.07 Å². The van der Waals surface area contributed by atoms with Crippen molar-refractivity contribution in [2.75, 3.05) is 0 Å². The van der Waals surface area contributed by atoms with Crippen molar-refractivity contribution in [3.05, 3.63) is 83.4 Å². The summed E-state index contributed by atoms with van der Waals surface area (Å²) in [6.07, 6.45) is 2.60. The van der Waals surface area contributed by atoms with Gasteiger partial charge in [0.25, 0.3) is 0 Å². The maximum atomic E-state index is 2.60. The molecule has 0 aromatic heterocycles. The number of hydrogen-bond donors (Lipinski definition) is 0. The maximum Gasteiger partial charge on any atom is 0.116 e. The Bertz CT molecular complexity index is 816. The molecule has 0 bridgehead atoms. The first kappa shape index (κ1) is 19.1. The third kappa shape index (κ3) is 3.58. The van der Waals surface area contributed by atoms with Crippen LogP contribution in [-0.4, -0.2) is 16.1 Å². The zero-order valence-electron chi connectivity index (χ0n) is 17.0. The van der Waals surface area contributed by atoms with E-state index in [4.69, 9.17) is 0 Å². The van der Waals surface area contributed by atoms with Crippen molar-refractivity contribution in [1.82, 2.24) is 0 Å². The van der Waals surface area contributed by atoms with Crippen LogP contribution in [0.1, 0.15) is 25.0 Å². The molecule has 26 heavy (non-hydrogen) atoms. The molecular formula is C24H32Si2. The first-order valence-electron chi connectivity index (χ1n) is 9.98. The van der Waals surface area contributed by atoms with Crippen LogP contribution in [0.25, 0.3) is 10.4 Å². The van der Waals surface area contributed by atoms with E-state index in [2.05, 4.69) is 100 Å². The Kier molecular flexibility index (Phi) is 5.54. The van der Waals surface area contributed by atoms with Crippen LogP contribution in [0.3, 0.4) is 0 Å². The number of allylic oxidation sites excluding steroid dienone is 2. The van der Waals surface area contributed by atoms with Crippen molar-refractivity contribution >= 4 is 26.5 Å². The van der Waals surface area contributed by atoms with E-state index in [9.17, 15) is 0 Å². The van der Waals surface area contributed by atoms with Gasteiger partial charge in [0.15, 0.2) is 0 Å². The van der Waals surface area contributed by atoms with Gasteiger partial charge in [-0.25, -0.2) is 0 Å². The fourth-order valence-corrected chi connectivity index (χ4v) is 9.88. The summed E-state index contributed by atoms with van der Waals surface area (Å²) < 4.78 is 0. The summed E-state index contributed by atoms with van der Waals surface area (Å²) in [4.78, 5) is 0. The molecule has 0 nitrogen and oxygen atoms in total. The lowest BCUT2D eigenvalue weighted by atomic mass is 10.1. The molecule has 136 valence electrons. The SMILES string of the molecule is CC[Si](C)(C)CC1=C(c2ccccc2)[Si](C)(CC)C(c2ccccc2)=C1. The highest BCUT2D eigenvalue weighted by Gasteiger charge is 2.42.